The molecule has 2 aliphatic rings. The van der Waals surface area contributed by atoms with Gasteiger partial charge in [-0.3, -0.25) is 4.79 Å². The second kappa shape index (κ2) is 5.04. The van der Waals surface area contributed by atoms with Crippen molar-refractivity contribution < 1.29 is 9.53 Å². The number of H-pyrrole nitrogens is 1. The molecule has 1 amide bonds. The SMILES string of the molecule is O=C([C@@H]1CCCO1)N1CCc2[nH]c3ccc(Cl)cc3c2C1. The summed E-state index contributed by atoms with van der Waals surface area (Å²) in [6.45, 7) is 2.11. The zero-order valence-corrected chi connectivity index (χ0v) is 12.4. The second-order valence-corrected chi connectivity index (χ2v) is 6.22. The minimum absolute atomic E-state index is 0.134. The van der Waals surface area contributed by atoms with Crippen molar-refractivity contribution in [2.24, 2.45) is 0 Å². The zero-order valence-electron chi connectivity index (χ0n) is 11.7. The summed E-state index contributed by atoms with van der Waals surface area (Å²) in [7, 11) is 0. The molecular formula is C16H17ClN2O2. The van der Waals surface area contributed by atoms with Crippen LogP contribution in [0.5, 0.6) is 0 Å². The van der Waals surface area contributed by atoms with Crippen molar-refractivity contribution in [2.45, 2.75) is 31.9 Å². The Hall–Kier alpha value is -1.52. The average molecular weight is 305 g/mol. The lowest BCUT2D eigenvalue weighted by Crippen LogP contribution is -2.41. The van der Waals surface area contributed by atoms with E-state index >= 15 is 0 Å². The number of hydrogen-bond acceptors (Lipinski definition) is 2. The molecule has 110 valence electrons. The first-order valence-corrected chi connectivity index (χ1v) is 7.79. The van der Waals surface area contributed by atoms with Gasteiger partial charge in [0.1, 0.15) is 6.10 Å². The van der Waals surface area contributed by atoms with Gasteiger partial charge in [0.2, 0.25) is 0 Å². The van der Waals surface area contributed by atoms with Gasteiger partial charge in [-0.1, -0.05) is 11.6 Å². The van der Waals surface area contributed by atoms with Gasteiger partial charge in [0.15, 0.2) is 0 Å². The molecule has 0 aliphatic carbocycles. The Labute approximate surface area is 128 Å². The van der Waals surface area contributed by atoms with E-state index in [9.17, 15) is 4.79 Å². The maximum Gasteiger partial charge on any atom is 0.252 e. The van der Waals surface area contributed by atoms with Gasteiger partial charge in [-0.25, -0.2) is 0 Å². The van der Waals surface area contributed by atoms with Crippen molar-refractivity contribution in [1.29, 1.82) is 0 Å². The highest BCUT2D eigenvalue weighted by Crippen LogP contribution is 2.30. The van der Waals surface area contributed by atoms with Gasteiger partial charge in [-0.2, -0.15) is 0 Å². The Morgan fingerprint density at radius 3 is 3.14 bits per heavy atom. The van der Waals surface area contributed by atoms with E-state index in [0.717, 1.165) is 41.7 Å². The first kappa shape index (κ1) is 13.2. The number of ether oxygens (including phenoxy) is 1. The zero-order chi connectivity index (χ0) is 14.4. The van der Waals surface area contributed by atoms with Crippen LogP contribution in [-0.2, 0) is 22.5 Å². The molecule has 1 aromatic carbocycles. The smallest absolute Gasteiger partial charge is 0.252 e. The van der Waals surface area contributed by atoms with E-state index in [4.69, 9.17) is 16.3 Å². The summed E-state index contributed by atoms with van der Waals surface area (Å²) >= 11 is 6.11. The van der Waals surface area contributed by atoms with Gasteiger partial charge in [0.25, 0.3) is 5.91 Å². The number of benzene rings is 1. The van der Waals surface area contributed by atoms with E-state index in [0.29, 0.717) is 13.2 Å². The molecule has 5 heteroatoms. The molecular weight excluding hydrogens is 288 g/mol. The van der Waals surface area contributed by atoms with Crippen molar-refractivity contribution >= 4 is 28.4 Å². The molecule has 0 spiro atoms. The number of aromatic nitrogens is 1. The first-order valence-electron chi connectivity index (χ1n) is 7.42. The third-order valence-electron chi connectivity index (χ3n) is 4.45. The van der Waals surface area contributed by atoms with E-state index < -0.39 is 0 Å². The van der Waals surface area contributed by atoms with Crippen molar-refractivity contribution in [3.63, 3.8) is 0 Å². The van der Waals surface area contributed by atoms with Crippen LogP contribution in [-0.4, -0.2) is 35.0 Å². The molecule has 1 saturated heterocycles. The van der Waals surface area contributed by atoms with E-state index in [1.165, 1.54) is 11.3 Å². The normalized spacial score (nSPS) is 21.8. The van der Waals surface area contributed by atoms with Crippen molar-refractivity contribution in [2.75, 3.05) is 13.2 Å². The summed E-state index contributed by atoms with van der Waals surface area (Å²) in [5.41, 5.74) is 3.52. The molecule has 0 radical (unpaired) electrons. The van der Waals surface area contributed by atoms with Gasteiger partial charge >= 0.3 is 0 Å². The van der Waals surface area contributed by atoms with Gasteiger partial charge in [0, 0.05) is 53.3 Å². The number of hydrogen-bond donors (Lipinski definition) is 1. The van der Waals surface area contributed by atoms with Gasteiger partial charge in [-0.15, -0.1) is 0 Å². The third-order valence-corrected chi connectivity index (χ3v) is 4.69. The quantitative estimate of drug-likeness (QED) is 0.880. The fourth-order valence-electron chi connectivity index (χ4n) is 3.35. The third kappa shape index (κ3) is 2.23. The van der Waals surface area contributed by atoms with Crippen molar-refractivity contribution in [1.82, 2.24) is 9.88 Å². The Morgan fingerprint density at radius 1 is 1.43 bits per heavy atom. The van der Waals surface area contributed by atoms with Crippen LogP contribution in [0, 0.1) is 0 Å². The molecule has 1 atom stereocenters. The fourth-order valence-corrected chi connectivity index (χ4v) is 3.52. The number of rotatable bonds is 1. The minimum Gasteiger partial charge on any atom is -0.368 e. The molecule has 0 unspecified atom stereocenters. The summed E-state index contributed by atoms with van der Waals surface area (Å²) in [6, 6.07) is 5.87. The number of nitrogens with one attached hydrogen (secondary N) is 1. The molecule has 1 aromatic heterocycles. The van der Waals surface area contributed by atoms with Crippen LogP contribution in [0.25, 0.3) is 10.9 Å². The van der Waals surface area contributed by atoms with Crippen molar-refractivity contribution in [3.05, 3.63) is 34.5 Å². The standard InChI is InChI=1S/C16H17ClN2O2/c17-10-3-4-13-11(8-10)12-9-19(6-5-14(12)18-13)16(20)15-2-1-7-21-15/h3-4,8,15,18H,1-2,5-7,9H2/t15-/m0/s1. The van der Waals surface area contributed by atoms with Crippen LogP contribution in [0.15, 0.2) is 18.2 Å². The molecule has 2 aliphatic heterocycles. The van der Waals surface area contributed by atoms with Gasteiger partial charge < -0.3 is 14.6 Å². The largest absolute Gasteiger partial charge is 0.368 e. The Bertz CT molecular complexity index is 704. The summed E-state index contributed by atoms with van der Waals surface area (Å²) in [5, 5.41) is 1.86. The number of aromatic amines is 1. The summed E-state index contributed by atoms with van der Waals surface area (Å²) in [4.78, 5) is 17.9. The fraction of sp³-hybridized carbons (Fsp3) is 0.438. The highest BCUT2D eigenvalue weighted by Gasteiger charge is 2.31. The van der Waals surface area contributed by atoms with E-state index in [1.54, 1.807) is 0 Å². The monoisotopic (exact) mass is 304 g/mol. The highest BCUT2D eigenvalue weighted by molar-refractivity contribution is 6.31. The summed E-state index contributed by atoms with van der Waals surface area (Å²) in [6.07, 6.45) is 2.46. The molecule has 4 nitrogen and oxygen atoms in total. The number of fused-ring (bicyclic) bond motifs is 3. The van der Waals surface area contributed by atoms with Crippen LogP contribution in [0.4, 0.5) is 0 Å². The predicted octanol–water partition coefficient (Wildman–Crippen LogP) is 2.89. The lowest BCUT2D eigenvalue weighted by Gasteiger charge is -2.29. The lowest BCUT2D eigenvalue weighted by atomic mass is 10.0. The number of amides is 1. The molecule has 21 heavy (non-hydrogen) atoms. The van der Waals surface area contributed by atoms with E-state index in [1.807, 2.05) is 23.1 Å². The molecule has 0 bridgehead atoms. The van der Waals surface area contributed by atoms with Gasteiger partial charge in [0.05, 0.1) is 0 Å². The first-order chi connectivity index (χ1) is 10.2. The average Bonchev–Trinajstić information content (AvgIpc) is 3.13. The van der Waals surface area contributed by atoms with Crippen LogP contribution >= 0.6 is 11.6 Å². The van der Waals surface area contributed by atoms with Gasteiger partial charge in [-0.05, 0) is 31.0 Å². The number of nitrogens with zero attached hydrogens (tertiary/aromatic N) is 1. The second-order valence-electron chi connectivity index (χ2n) is 5.78. The van der Waals surface area contributed by atoms with Crippen molar-refractivity contribution in [3.8, 4) is 0 Å². The van der Waals surface area contributed by atoms with Crippen LogP contribution in [0.3, 0.4) is 0 Å². The maximum absolute atomic E-state index is 12.5. The van der Waals surface area contributed by atoms with Crippen LogP contribution in [0.1, 0.15) is 24.1 Å². The number of halogens is 1. The Morgan fingerprint density at radius 2 is 2.33 bits per heavy atom. The molecule has 3 heterocycles. The number of carbonyl (C=O) groups is 1. The highest BCUT2D eigenvalue weighted by atomic mass is 35.5. The predicted molar refractivity (Wildman–Crippen MR) is 81.4 cm³/mol. The number of carbonyl (C=O) groups excluding carboxylic acids is 1. The Balaban J connectivity index is 1.65. The maximum atomic E-state index is 12.5. The van der Waals surface area contributed by atoms with E-state index in [-0.39, 0.29) is 12.0 Å². The molecule has 4 rings (SSSR count). The molecule has 0 saturated carbocycles. The molecule has 2 aromatic rings. The topological polar surface area (TPSA) is 45.3 Å². The summed E-state index contributed by atoms with van der Waals surface area (Å²) < 4.78 is 5.52. The molecule has 1 N–H and O–H groups in total. The van der Waals surface area contributed by atoms with E-state index in [2.05, 4.69) is 4.98 Å². The van der Waals surface area contributed by atoms with Crippen LogP contribution in [0.2, 0.25) is 5.02 Å². The Kier molecular flexibility index (Phi) is 3.16. The van der Waals surface area contributed by atoms with Crippen LogP contribution < -0.4 is 0 Å². The summed E-state index contributed by atoms with van der Waals surface area (Å²) in [5.74, 6) is 0.134. The molecule has 1 fully saturated rings. The lowest BCUT2D eigenvalue weighted by molar-refractivity contribution is -0.141. The minimum atomic E-state index is -0.236.